The number of benzene rings is 1. The summed E-state index contributed by atoms with van der Waals surface area (Å²) in [6.07, 6.45) is 1.06. The van der Waals surface area contributed by atoms with Crippen LogP contribution in [0.25, 0.3) is 5.76 Å². The molecule has 0 unspecified atom stereocenters. The van der Waals surface area contributed by atoms with Crippen LogP contribution < -0.4 is 0 Å². The van der Waals surface area contributed by atoms with E-state index in [1.54, 1.807) is 18.2 Å². The van der Waals surface area contributed by atoms with Crippen LogP contribution in [0.4, 0.5) is 4.39 Å². The van der Waals surface area contributed by atoms with Gasteiger partial charge in [0, 0.05) is 12.8 Å². The van der Waals surface area contributed by atoms with Gasteiger partial charge in [0.05, 0.1) is 12.7 Å². The first-order chi connectivity index (χ1) is 9.56. The van der Waals surface area contributed by atoms with Crippen molar-refractivity contribution in [1.82, 2.24) is 0 Å². The van der Waals surface area contributed by atoms with Crippen molar-refractivity contribution in [2.75, 3.05) is 7.11 Å². The van der Waals surface area contributed by atoms with Gasteiger partial charge in [-0.05, 0) is 12.1 Å². The van der Waals surface area contributed by atoms with Crippen molar-refractivity contribution in [2.24, 2.45) is 0 Å². The average molecular weight is 280 g/mol. The van der Waals surface area contributed by atoms with Gasteiger partial charge >= 0.3 is 5.97 Å². The molecule has 2 rings (SSSR count). The quantitative estimate of drug-likeness (QED) is 0.794. The highest BCUT2D eigenvalue weighted by Crippen LogP contribution is 2.41. The summed E-state index contributed by atoms with van der Waals surface area (Å²) in [7, 11) is 1.25. The van der Waals surface area contributed by atoms with Crippen molar-refractivity contribution in [3.8, 4) is 0 Å². The monoisotopic (exact) mass is 280 g/mol. The molecule has 0 N–H and O–H groups in total. The van der Waals surface area contributed by atoms with Gasteiger partial charge in [0.15, 0.2) is 5.76 Å². The standard InChI is InChI=1S/C15H17FO4/c1-4-15(5-2)19-12(13(20-15)14(17)18-3)10-8-6-7-9-11(10)16/h6-9H,4-5H2,1-3H3. The number of ether oxygens (including phenoxy) is 3. The molecule has 0 spiro atoms. The maximum Gasteiger partial charge on any atom is 0.377 e. The molecule has 1 aliphatic heterocycles. The molecular formula is C15H17FO4. The third-order valence-electron chi connectivity index (χ3n) is 3.35. The molecule has 0 atom stereocenters. The maximum atomic E-state index is 13.9. The van der Waals surface area contributed by atoms with Crippen LogP contribution in [-0.4, -0.2) is 18.9 Å². The molecule has 1 aromatic rings. The topological polar surface area (TPSA) is 44.8 Å². The largest absolute Gasteiger partial charge is 0.463 e. The van der Waals surface area contributed by atoms with Crippen molar-refractivity contribution in [2.45, 2.75) is 32.5 Å². The zero-order valence-electron chi connectivity index (χ0n) is 11.7. The van der Waals surface area contributed by atoms with Crippen LogP contribution in [0, 0.1) is 5.82 Å². The van der Waals surface area contributed by atoms with Gasteiger partial charge in [-0.2, -0.15) is 0 Å². The number of methoxy groups -OCH3 is 1. The van der Waals surface area contributed by atoms with Crippen LogP contribution in [0.15, 0.2) is 30.0 Å². The minimum absolute atomic E-state index is 0.0821. The van der Waals surface area contributed by atoms with Gasteiger partial charge in [-0.15, -0.1) is 0 Å². The number of hydrogen-bond acceptors (Lipinski definition) is 4. The molecular weight excluding hydrogens is 263 g/mol. The Kier molecular flexibility index (Phi) is 3.97. The molecule has 0 saturated carbocycles. The van der Waals surface area contributed by atoms with E-state index in [9.17, 15) is 9.18 Å². The van der Waals surface area contributed by atoms with Crippen LogP contribution in [-0.2, 0) is 19.0 Å². The number of rotatable bonds is 4. The summed E-state index contributed by atoms with van der Waals surface area (Å²) in [4.78, 5) is 11.8. The van der Waals surface area contributed by atoms with E-state index in [1.807, 2.05) is 13.8 Å². The summed E-state index contributed by atoms with van der Waals surface area (Å²) in [6, 6.07) is 6.08. The van der Waals surface area contributed by atoms with Crippen molar-refractivity contribution in [1.29, 1.82) is 0 Å². The lowest BCUT2D eigenvalue weighted by atomic mass is 10.1. The van der Waals surface area contributed by atoms with Crippen LogP contribution in [0.3, 0.4) is 0 Å². The second-order valence-electron chi connectivity index (χ2n) is 4.45. The zero-order chi connectivity index (χ0) is 14.8. The van der Waals surface area contributed by atoms with Crippen molar-refractivity contribution in [3.63, 3.8) is 0 Å². The van der Waals surface area contributed by atoms with E-state index >= 15 is 0 Å². The van der Waals surface area contributed by atoms with E-state index in [4.69, 9.17) is 9.47 Å². The fourth-order valence-corrected chi connectivity index (χ4v) is 2.07. The minimum atomic E-state index is -0.943. The Hall–Kier alpha value is -2.04. The first-order valence-corrected chi connectivity index (χ1v) is 6.52. The normalized spacial score (nSPS) is 16.6. The molecule has 0 amide bonds. The summed E-state index contributed by atoms with van der Waals surface area (Å²) in [5.41, 5.74) is 0.191. The minimum Gasteiger partial charge on any atom is -0.463 e. The average Bonchev–Trinajstić information content (AvgIpc) is 2.87. The van der Waals surface area contributed by atoms with E-state index in [0.29, 0.717) is 12.8 Å². The fraction of sp³-hybridized carbons (Fsp3) is 0.400. The number of hydrogen-bond donors (Lipinski definition) is 0. The maximum absolute atomic E-state index is 13.9. The van der Waals surface area contributed by atoms with Gasteiger partial charge in [0.25, 0.3) is 11.5 Å². The molecule has 4 nitrogen and oxygen atoms in total. The third kappa shape index (κ3) is 2.35. The van der Waals surface area contributed by atoms with Crippen molar-refractivity contribution >= 4 is 11.7 Å². The SMILES string of the molecule is CCC1(CC)OC(C(=O)OC)=C(c2ccccc2F)O1. The second-order valence-corrected chi connectivity index (χ2v) is 4.45. The predicted molar refractivity (Wildman–Crippen MR) is 70.8 cm³/mol. The Labute approximate surface area is 117 Å². The van der Waals surface area contributed by atoms with Gasteiger partial charge < -0.3 is 14.2 Å². The van der Waals surface area contributed by atoms with Crippen molar-refractivity contribution in [3.05, 3.63) is 41.4 Å². The van der Waals surface area contributed by atoms with Crippen LogP contribution in [0.2, 0.25) is 0 Å². The van der Waals surface area contributed by atoms with Gasteiger partial charge in [0.2, 0.25) is 0 Å². The third-order valence-corrected chi connectivity index (χ3v) is 3.35. The highest BCUT2D eigenvalue weighted by molar-refractivity contribution is 5.94. The van der Waals surface area contributed by atoms with E-state index in [2.05, 4.69) is 4.74 Å². The zero-order valence-corrected chi connectivity index (χ0v) is 11.7. The number of carbonyl (C=O) groups excluding carboxylic acids is 1. The molecule has 108 valence electrons. The summed E-state index contributed by atoms with van der Waals surface area (Å²) in [5.74, 6) is -2.08. The van der Waals surface area contributed by atoms with E-state index < -0.39 is 17.6 Å². The van der Waals surface area contributed by atoms with Crippen LogP contribution in [0.1, 0.15) is 32.3 Å². The number of esters is 1. The van der Waals surface area contributed by atoms with Crippen LogP contribution in [0.5, 0.6) is 0 Å². The number of carbonyl (C=O) groups is 1. The summed E-state index contributed by atoms with van der Waals surface area (Å²) >= 11 is 0. The van der Waals surface area contributed by atoms with Gasteiger partial charge in [0.1, 0.15) is 5.82 Å². The highest BCUT2D eigenvalue weighted by atomic mass is 19.1. The first kappa shape index (κ1) is 14.4. The second kappa shape index (κ2) is 5.53. The van der Waals surface area contributed by atoms with Gasteiger partial charge in [-0.3, -0.25) is 0 Å². The summed E-state index contributed by atoms with van der Waals surface area (Å²) in [6.45, 7) is 3.76. The van der Waals surface area contributed by atoms with Crippen molar-refractivity contribution < 1.29 is 23.4 Å². The Morgan fingerprint density at radius 3 is 2.45 bits per heavy atom. The smallest absolute Gasteiger partial charge is 0.377 e. The lowest BCUT2D eigenvalue weighted by Crippen LogP contribution is -2.29. The Morgan fingerprint density at radius 1 is 1.25 bits per heavy atom. The van der Waals surface area contributed by atoms with Crippen LogP contribution >= 0.6 is 0 Å². The fourth-order valence-electron chi connectivity index (χ4n) is 2.07. The van der Waals surface area contributed by atoms with E-state index in [1.165, 1.54) is 13.2 Å². The molecule has 0 saturated heterocycles. The lowest BCUT2D eigenvalue weighted by molar-refractivity contribution is -0.163. The first-order valence-electron chi connectivity index (χ1n) is 6.52. The number of halogens is 1. The highest BCUT2D eigenvalue weighted by Gasteiger charge is 2.44. The Bertz CT molecular complexity index is 547. The molecule has 0 fully saturated rings. The summed E-state index contributed by atoms with van der Waals surface area (Å²) in [5, 5.41) is 0. The molecule has 5 heteroatoms. The van der Waals surface area contributed by atoms with E-state index in [-0.39, 0.29) is 17.1 Å². The molecule has 1 aliphatic rings. The molecule has 1 heterocycles. The molecule has 0 radical (unpaired) electrons. The molecule has 0 aliphatic carbocycles. The molecule has 0 bridgehead atoms. The molecule has 0 aromatic heterocycles. The predicted octanol–water partition coefficient (Wildman–Crippen LogP) is 3.23. The Balaban J connectivity index is 2.50. The molecule has 1 aromatic carbocycles. The summed E-state index contributed by atoms with van der Waals surface area (Å²) < 4.78 is 30.0. The molecule has 20 heavy (non-hydrogen) atoms. The Morgan fingerprint density at radius 2 is 1.90 bits per heavy atom. The van der Waals surface area contributed by atoms with Gasteiger partial charge in [-0.25, -0.2) is 9.18 Å². The lowest BCUT2D eigenvalue weighted by Gasteiger charge is -2.26. The van der Waals surface area contributed by atoms with E-state index in [0.717, 1.165) is 0 Å². The van der Waals surface area contributed by atoms with Gasteiger partial charge in [-0.1, -0.05) is 26.0 Å².